The van der Waals surface area contributed by atoms with Crippen LogP contribution in [0.3, 0.4) is 0 Å². The number of rotatable bonds is 9. The summed E-state index contributed by atoms with van der Waals surface area (Å²) >= 11 is 12.3. The van der Waals surface area contributed by atoms with Gasteiger partial charge in [0.2, 0.25) is 0 Å². The van der Waals surface area contributed by atoms with Crippen molar-refractivity contribution in [1.82, 2.24) is 5.32 Å². The summed E-state index contributed by atoms with van der Waals surface area (Å²) in [6.45, 7) is 3.83. The molecule has 1 amide bonds. The number of anilines is 1. The first-order valence-corrected chi connectivity index (χ1v) is 9.63. The number of aryl methyl sites for hydroxylation is 1. The largest absolute Gasteiger partial charge is 0.486 e. The SMILES string of the molecule is CCCNc1cc(C)cc(COc2c(Cl)cc(C(=O)NCC(=O)O)cc2Cl)c1F. The maximum Gasteiger partial charge on any atom is 0.322 e. The van der Waals surface area contributed by atoms with E-state index in [1.54, 1.807) is 12.1 Å². The number of carbonyl (C=O) groups is 2. The fraction of sp³-hybridized carbons (Fsp3) is 0.300. The molecule has 29 heavy (non-hydrogen) atoms. The van der Waals surface area contributed by atoms with Crippen molar-refractivity contribution in [3.8, 4) is 5.75 Å². The van der Waals surface area contributed by atoms with Gasteiger partial charge in [0.25, 0.3) is 5.91 Å². The number of ether oxygens (including phenoxy) is 1. The standard InChI is InChI=1S/C20H21Cl2FN2O4/c1-3-4-24-16-6-11(2)5-13(18(16)23)10-29-19-14(21)7-12(8-15(19)22)20(28)25-9-17(26)27/h5-8,24H,3-4,9-10H2,1-2H3,(H,25,28)(H,26,27). The molecule has 156 valence electrons. The average Bonchev–Trinajstić information content (AvgIpc) is 2.66. The fourth-order valence-electron chi connectivity index (χ4n) is 2.57. The van der Waals surface area contributed by atoms with Crippen molar-refractivity contribution < 1.29 is 23.8 Å². The van der Waals surface area contributed by atoms with Gasteiger partial charge in [0.15, 0.2) is 11.6 Å². The quantitative estimate of drug-likeness (QED) is 0.525. The zero-order valence-corrected chi connectivity index (χ0v) is 17.5. The molecule has 0 unspecified atom stereocenters. The third kappa shape index (κ3) is 6.24. The molecule has 2 aromatic rings. The Morgan fingerprint density at radius 1 is 1.17 bits per heavy atom. The van der Waals surface area contributed by atoms with E-state index < -0.39 is 24.2 Å². The van der Waals surface area contributed by atoms with Crippen molar-refractivity contribution in [2.45, 2.75) is 26.9 Å². The molecule has 0 bridgehead atoms. The van der Waals surface area contributed by atoms with Gasteiger partial charge in [-0.05, 0) is 43.2 Å². The Morgan fingerprint density at radius 2 is 1.83 bits per heavy atom. The molecule has 0 aliphatic rings. The molecule has 0 saturated heterocycles. The minimum Gasteiger partial charge on any atom is -0.486 e. The Hall–Kier alpha value is -2.51. The van der Waals surface area contributed by atoms with E-state index in [0.29, 0.717) is 17.8 Å². The van der Waals surface area contributed by atoms with Gasteiger partial charge in [0.05, 0.1) is 15.7 Å². The van der Waals surface area contributed by atoms with Crippen LogP contribution in [0.1, 0.15) is 34.8 Å². The van der Waals surface area contributed by atoms with Gasteiger partial charge in [-0.3, -0.25) is 9.59 Å². The monoisotopic (exact) mass is 442 g/mol. The normalized spacial score (nSPS) is 10.5. The average molecular weight is 443 g/mol. The van der Waals surface area contributed by atoms with Gasteiger partial charge in [-0.2, -0.15) is 0 Å². The minimum absolute atomic E-state index is 0.0513. The van der Waals surface area contributed by atoms with Gasteiger partial charge < -0.3 is 20.5 Å². The topological polar surface area (TPSA) is 87.7 Å². The lowest BCUT2D eigenvalue weighted by Gasteiger charge is -2.15. The van der Waals surface area contributed by atoms with E-state index in [0.717, 1.165) is 12.0 Å². The van der Waals surface area contributed by atoms with E-state index in [-0.39, 0.29) is 28.0 Å². The Bertz CT molecular complexity index is 899. The second kappa shape index (κ2) is 10.3. The highest BCUT2D eigenvalue weighted by molar-refractivity contribution is 6.37. The number of nitrogens with one attached hydrogen (secondary N) is 2. The first-order chi connectivity index (χ1) is 13.7. The first kappa shape index (κ1) is 22.8. The molecule has 0 spiro atoms. The van der Waals surface area contributed by atoms with Crippen LogP contribution in [0.15, 0.2) is 24.3 Å². The van der Waals surface area contributed by atoms with Crippen LogP contribution in [-0.4, -0.2) is 30.1 Å². The van der Waals surface area contributed by atoms with E-state index in [4.69, 9.17) is 33.0 Å². The van der Waals surface area contributed by atoms with Crippen molar-refractivity contribution in [2.24, 2.45) is 0 Å². The van der Waals surface area contributed by atoms with Crippen LogP contribution in [0.5, 0.6) is 5.75 Å². The fourth-order valence-corrected chi connectivity index (χ4v) is 3.17. The van der Waals surface area contributed by atoms with Crippen LogP contribution in [0.25, 0.3) is 0 Å². The highest BCUT2D eigenvalue weighted by Gasteiger charge is 2.16. The van der Waals surface area contributed by atoms with Crippen molar-refractivity contribution in [3.05, 3.63) is 56.8 Å². The number of carboxylic acids is 1. The molecule has 0 saturated carbocycles. The maximum atomic E-state index is 14.7. The van der Waals surface area contributed by atoms with Crippen molar-refractivity contribution in [1.29, 1.82) is 0 Å². The van der Waals surface area contributed by atoms with Crippen molar-refractivity contribution in [2.75, 3.05) is 18.4 Å². The summed E-state index contributed by atoms with van der Waals surface area (Å²) in [6.07, 6.45) is 0.858. The molecule has 6 nitrogen and oxygen atoms in total. The summed E-state index contributed by atoms with van der Waals surface area (Å²) < 4.78 is 20.3. The molecule has 0 aliphatic carbocycles. The molecule has 0 aliphatic heterocycles. The third-order valence-corrected chi connectivity index (χ3v) is 4.45. The number of carboxylic acid groups (broad SMARTS) is 1. The molecule has 3 N–H and O–H groups in total. The number of aliphatic carboxylic acids is 1. The molecule has 0 aromatic heterocycles. The van der Waals surface area contributed by atoms with E-state index in [2.05, 4.69) is 10.6 Å². The highest BCUT2D eigenvalue weighted by Crippen LogP contribution is 2.35. The second-order valence-corrected chi connectivity index (χ2v) is 7.16. The zero-order chi connectivity index (χ0) is 21.6. The third-order valence-electron chi connectivity index (χ3n) is 3.89. The Morgan fingerprint density at radius 3 is 2.41 bits per heavy atom. The summed E-state index contributed by atoms with van der Waals surface area (Å²) in [6, 6.07) is 6.00. The second-order valence-electron chi connectivity index (χ2n) is 6.35. The van der Waals surface area contributed by atoms with Crippen LogP contribution in [0.4, 0.5) is 10.1 Å². The molecule has 9 heteroatoms. The summed E-state index contributed by atoms with van der Waals surface area (Å²) in [7, 11) is 0. The Balaban J connectivity index is 2.18. The lowest BCUT2D eigenvalue weighted by molar-refractivity contribution is -0.135. The first-order valence-electron chi connectivity index (χ1n) is 8.87. The number of carbonyl (C=O) groups excluding carboxylic acids is 1. The Kier molecular flexibility index (Phi) is 8.10. The van der Waals surface area contributed by atoms with Gasteiger partial charge in [0.1, 0.15) is 13.2 Å². The van der Waals surface area contributed by atoms with E-state index in [1.165, 1.54) is 12.1 Å². The molecule has 2 aromatic carbocycles. The predicted octanol–water partition coefficient (Wildman–Crippen LogP) is 4.66. The molecular weight excluding hydrogens is 422 g/mol. The van der Waals surface area contributed by atoms with E-state index >= 15 is 0 Å². The lowest BCUT2D eigenvalue weighted by atomic mass is 10.1. The summed E-state index contributed by atoms with van der Waals surface area (Å²) in [5, 5.41) is 14.0. The number of hydrogen-bond donors (Lipinski definition) is 3. The van der Waals surface area contributed by atoms with Gasteiger partial charge >= 0.3 is 5.97 Å². The number of benzene rings is 2. The van der Waals surface area contributed by atoms with Crippen molar-refractivity contribution >= 4 is 40.8 Å². The van der Waals surface area contributed by atoms with Gasteiger partial charge in [0, 0.05) is 17.7 Å². The van der Waals surface area contributed by atoms with Gasteiger partial charge in [-0.1, -0.05) is 30.1 Å². The highest BCUT2D eigenvalue weighted by atomic mass is 35.5. The number of halogens is 3. The van der Waals surface area contributed by atoms with Crippen LogP contribution < -0.4 is 15.4 Å². The summed E-state index contributed by atoms with van der Waals surface area (Å²) in [5.41, 5.74) is 1.68. The van der Waals surface area contributed by atoms with Crippen molar-refractivity contribution in [3.63, 3.8) is 0 Å². The predicted molar refractivity (Wildman–Crippen MR) is 111 cm³/mol. The van der Waals surface area contributed by atoms with Crippen LogP contribution in [0, 0.1) is 12.7 Å². The van der Waals surface area contributed by atoms with Crippen LogP contribution in [-0.2, 0) is 11.4 Å². The smallest absolute Gasteiger partial charge is 0.322 e. The van der Waals surface area contributed by atoms with Crippen LogP contribution in [0.2, 0.25) is 10.0 Å². The summed E-state index contributed by atoms with van der Waals surface area (Å²) in [5.74, 6) is -2.13. The number of hydrogen-bond acceptors (Lipinski definition) is 4. The minimum atomic E-state index is -1.18. The zero-order valence-electron chi connectivity index (χ0n) is 15.9. The Labute approximate surface area is 178 Å². The molecule has 0 radical (unpaired) electrons. The van der Waals surface area contributed by atoms with Crippen LogP contribution >= 0.6 is 23.2 Å². The maximum absolute atomic E-state index is 14.7. The van der Waals surface area contributed by atoms with Gasteiger partial charge in [-0.25, -0.2) is 4.39 Å². The molecule has 2 rings (SSSR count). The summed E-state index contributed by atoms with van der Waals surface area (Å²) in [4.78, 5) is 22.5. The van der Waals surface area contributed by atoms with Gasteiger partial charge in [-0.15, -0.1) is 0 Å². The van der Waals surface area contributed by atoms with E-state index in [9.17, 15) is 14.0 Å². The van der Waals surface area contributed by atoms with E-state index in [1.807, 2.05) is 13.8 Å². The molecule has 0 heterocycles. The molecule has 0 fully saturated rings. The number of amides is 1. The molecular formula is C20H21Cl2FN2O4. The molecule has 0 atom stereocenters. The lowest BCUT2D eigenvalue weighted by Crippen LogP contribution is -2.29.